The van der Waals surface area contributed by atoms with E-state index in [0.717, 1.165) is 0 Å². The van der Waals surface area contributed by atoms with E-state index in [4.69, 9.17) is 0 Å². The molecule has 0 fully saturated rings. The molecule has 6 heteroatoms. The van der Waals surface area contributed by atoms with Crippen molar-refractivity contribution in [2.75, 3.05) is 6.54 Å². The Bertz CT molecular complexity index is 419. The van der Waals surface area contributed by atoms with Crippen molar-refractivity contribution in [3.63, 3.8) is 0 Å². The maximum atomic E-state index is 11.9. The van der Waals surface area contributed by atoms with Gasteiger partial charge in [-0.1, -0.05) is 12.1 Å². The van der Waals surface area contributed by atoms with E-state index in [1.807, 2.05) is 0 Å². The van der Waals surface area contributed by atoms with E-state index < -0.39 is 12.6 Å². The molecule has 0 unspecified atom stereocenters. The largest absolute Gasteiger partial charge is 0.508 e. The fourth-order valence-corrected chi connectivity index (χ4v) is 1.59. The molecule has 0 aromatic heterocycles. The zero-order chi connectivity index (χ0) is 14.3. The number of alkyl halides is 3. The molecule has 0 atom stereocenters. The first-order valence-electron chi connectivity index (χ1n) is 5.98. The molecule has 0 aliphatic carbocycles. The molecule has 0 aliphatic heterocycles. The standard InChI is InChI=1S/C13H16F3NO2/c14-13(15,16)6-1-2-7-17-12(19)9-10-4-3-5-11(18)8-10/h3-5,8,18H,1-2,6-7,9H2,(H,17,19). The number of carbonyl (C=O) groups excluding carboxylic acids is 1. The number of hydrogen-bond acceptors (Lipinski definition) is 2. The molecule has 0 saturated heterocycles. The van der Waals surface area contributed by atoms with Crippen molar-refractivity contribution < 1.29 is 23.1 Å². The summed E-state index contributed by atoms with van der Waals surface area (Å²) in [6.07, 6.45) is -4.55. The van der Waals surface area contributed by atoms with Crippen molar-refractivity contribution in [3.8, 4) is 5.75 Å². The van der Waals surface area contributed by atoms with Crippen LogP contribution in [0.2, 0.25) is 0 Å². The average molecular weight is 275 g/mol. The summed E-state index contributed by atoms with van der Waals surface area (Å²) in [6, 6.07) is 6.30. The molecule has 0 aliphatic rings. The second kappa shape index (κ2) is 7.01. The summed E-state index contributed by atoms with van der Waals surface area (Å²) in [7, 11) is 0. The fourth-order valence-electron chi connectivity index (χ4n) is 1.59. The minimum absolute atomic E-state index is 0.00983. The zero-order valence-corrected chi connectivity index (χ0v) is 10.3. The highest BCUT2D eigenvalue weighted by Crippen LogP contribution is 2.21. The monoisotopic (exact) mass is 275 g/mol. The van der Waals surface area contributed by atoms with Crippen LogP contribution in [0.25, 0.3) is 0 Å². The second-order valence-electron chi connectivity index (χ2n) is 4.27. The van der Waals surface area contributed by atoms with Crippen LogP contribution in [0.5, 0.6) is 5.75 Å². The number of unbranched alkanes of at least 4 members (excludes halogenated alkanes) is 1. The fraction of sp³-hybridized carbons (Fsp3) is 0.462. The SMILES string of the molecule is O=C(Cc1cccc(O)c1)NCCCCC(F)(F)F. The molecule has 0 radical (unpaired) electrons. The summed E-state index contributed by atoms with van der Waals surface area (Å²) < 4.78 is 35.6. The predicted molar refractivity (Wildman–Crippen MR) is 64.7 cm³/mol. The van der Waals surface area contributed by atoms with Crippen LogP contribution in [0.4, 0.5) is 13.2 Å². The zero-order valence-electron chi connectivity index (χ0n) is 10.3. The highest BCUT2D eigenvalue weighted by molar-refractivity contribution is 5.78. The second-order valence-corrected chi connectivity index (χ2v) is 4.27. The third kappa shape index (κ3) is 7.33. The maximum Gasteiger partial charge on any atom is 0.389 e. The molecule has 0 spiro atoms. The van der Waals surface area contributed by atoms with E-state index in [0.29, 0.717) is 12.0 Å². The van der Waals surface area contributed by atoms with Gasteiger partial charge in [-0.2, -0.15) is 13.2 Å². The van der Waals surface area contributed by atoms with E-state index in [1.165, 1.54) is 12.1 Å². The Morgan fingerprint density at radius 1 is 1.26 bits per heavy atom. The maximum absolute atomic E-state index is 11.9. The normalized spacial score (nSPS) is 11.3. The van der Waals surface area contributed by atoms with Crippen LogP contribution in [0.15, 0.2) is 24.3 Å². The van der Waals surface area contributed by atoms with Crippen LogP contribution in [0.3, 0.4) is 0 Å². The number of halogens is 3. The van der Waals surface area contributed by atoms with Crippen molar-refractivity contribution in [3.05, 3.63) is 29.8 Å². The first-order valence-corrected chi connectivity index (χ1v) is 5.98. The number of benzene rings is 1. The van der Waals surface area contributed by atoms with Crippen molar-refractivity contribution in [1.29, 1.82) is 0 Å². The van der Waals surface area contributed by atoms with Crippen LogP contribution in [-0.4, -0.2) is 23.7 Å². The average Bonchev–Trinajstić information content (AvgIpc) is 2.26. The van der Waals surface area contributed by atoms with Crippen molar-refractivity contribution >= 4 is 5.91 Å². The van der Waals surface area contributed by atoms with Gasteiger partial charge < -0.3 is 10.4 Å². The van der Waals surface area contributed by atoms with Crippen LogP contribution >= 0.6 is 0 Å². The molecule has 1 aromatic rings. The number of aromatic hydroxyl groups is 1. The van der Waals surface area contributed by atoms with Gasteiger partial charge in [0.05, 0.1) is 6.42 Å². The summed E-state index contributed by atoms with van der Waals surface area (Å²) >= 11 is 0. The minimum Gasteiger partial charge on any atom is -0.508 e. The Balaban J connectivity index is 2.18. The molecule has 2 N–H and O–H groups in total. The summed E-state index contributed by atoms with van der Waals surface area (Å²) in [5.41, 5.74) is 0.660. The number of rotatable bonds is 6. The summed E-state index contributed by atoms with van der Waals surface area (Å²) in [5, 5.41) is 11.8. The lowest BCUT2D eigenvalue weighted by Gasteiger charge is -2.07. The van der Waals surface area contributed by atoms with Gasteiger partial charge in [0, 0.05) is 13.0 Å². The molecule has 1 aromatic carbocycles. The Labute approximate surface area is 109 Å². The van der Waals surface area contributed by atoms with Gasteiger partial charge in [0.25, 0.3) is 0 Å². The van der Waals surface area contributed by atoms with Gasteiger partial charge in [-0.05, 0) is 30.5 Å². The number of nitrogens with one attached hydrogen (secondary N) is 1. The highest BCUT2D eigenvalue weighted by atomic mass is 19.4. The molecule has 19 heavy (non-hydrogen) atoms. The van der Waals surface area contributed by atoms with E-state index in [9.17, 15) is 23.1 Å². The Kier molecular flexibility index (Phi) is 5.66. The van der Waals surface area contributed by atoms with Gasteiger partial charge in [-0.25, -0.2) is 0 Å². The Hall–Kier alpha value is -1.72. The molecule has 3 nitrogen and oxygen atoms in total. The van der Waals surface area contributed by atoms with Gasteiger partial charge in [0.1, 0.15) is 5.75 Å². The molecule has 1 rings (SSSR count). The molecule has 0 saturated carbocycles. The summed E-state index contributed by atoms with van der Waals surface area (Å²) in [6.45, 7) is 0.230. The number of hydrogen-bond donors (Lipinski definition) is 2. The third-order valence-electron chi connectivity index (χ3n) is 2.48. The van der Waals surface area contributed by atoms with Gasteiger partial charge in [-0.15, -0.1) is 0 Å². The quantitative estimate of drug-likeness (QED) is 0.784. The molecular formula is C13H16F3NO2. The van der Waals surface area contributed by atoms with Crippen LogP contribution in [0, 0.1) is 0 Å². The minimum atomic E-state index is -4.13. The van der Waals surface area contributed by atoms with Crippen molar-refractivity contribution in [2.45, 2.75) is 31.9 Å². The summed E-state index contributed by atoms with van der Waals surface area (Å²) in [5.74, 6) is -0.187. The molecule has 1 amide bonds. The van der Waals surface area contributed by atoms with Gasteiger partial charge in [0.15, 0.2) is 0 Å². The highest BCUT2D eigenvalue weighted by Gasteiger charge is 2.25. The lowest BCUT2D eigenvalue weighted by molar-refractivity contribution is -0.135. The smallest absolute Gasteiger partial charge is 0.389 e. The predicted octanol–water partition coefficient (Wildman–Crippen LogP) is 2.78. The van der Waals surface area contributed by atoms with Crippen molar-refractivity contribution in [2.24, 2.45) is 0 Å². The Morgan fingerprint density at radius 3 is 2.63 bits per heavy atom. The van der Waals surface area contributed by atoms with Crippen LogP contribution < -0.4 is 5.32 Å². The van der Waals surface area contributed by atoms with E-state index in [1.54, 1.807) is 12.1 Å². The first kappa shape index (κ1) is 15.3. The van der Waals surface area contributed by atoms with E-state index >= 15 is 0 Å². The number of phenolic OH excluding ortho intramolecular Hbond substituents is 1. The third-order valence-corrected chi connectivity index (χ3v) is 2.48. The molecular weight excluding hydrogens is 259 g/mol. The number of carbonyl (C=O) groups is 1. The topological polar surface area (TPSA) is 49.3 Å². The van der Waals surface area contributed by atoms with Crippen molar-refractivity contribution in [1.82, 2.24) is 5.32 Å². The number of phenols is 1. The molecule has 0 heterocycles. The van der Waals surface area contributed by atoms with E-state index in [-0.39, 0.29) is 31.0 Å². The lowest BCUT2D eigenvalue weighted by Crippen LogP contribution is -2.26. The lowest BCUT2D eigenvalue weighted by atomic mass is 10.1. The van der Waals surface area contributed by atoms with E-state index in [2.05, 4.69) is 5.32 Å². The summed E-state index contributed by atoms with van der Waals surface area (Å²) in [4.78, 5) is 11.5. The van der Waals surface area contributed by atoms with Gasteiger partial charge in [-0.3, -0.25) is 4.79 Å². The number of amides is 1. The van der Waals surface area contributed by atoms with Crippen LogP contribution in [-0.2, 0) is 11.2 Å². The first-order chi connectivity index (χ1) is 8.87. The van der Waals surface area contributed by atoms with Crippen LogP contribution in [0.1, 0.15) is 24.8 Å². The Morgan fingerprint density at radius 2 is 2.00 bits per heavy atom. The van der Waals surface area contributed by atoms with Gasteiger partial charge in [0.2, 0.25) is 5.91 Å². The molecule has 106 valence electrons. The van der Waals surface area contributed by atoms with Gasteiger partial charge >= 0.3 is 6.18 Å². The molecule has 0 bridgehead atoms.